The minimum atomic E-state index is -0.480. The van der Waals surface area contributed by atoms with Gasteiger partial charge in [0.05, 0.1) is 13.0 Å². The predicted molar refractivity (Wildman–Crippen MR) is 41.2 cm³/mol. The van der Waals surface area contributed by atoms with Gasteiger partial charge in [-0.3, -0.25) is 4.79 Å². The van der Waals surface area contributed by atoms with Crippen LogP contribution in [0.5, 0.6) is 0 Å². The smallest absolute Gasteiger partial charge is 0.307 e. The van der Waals surface area contributed by atoms with E-state index in [1.165, 1.54) is 0 Å². The highest BCUT2D eigenvalue weighted by Gasteiger charge is 2.18. The van der Waals surface area contributed by atoms with Gasteiger partial charge in [0.2, 0.25) is 0 Å². The van der Waals surface area contributed by atoms with E-state index in [-0.39, 0.29) is 12.4 Å². The first-order chi connectivity index (χ1) is 4.45. The molecule has 0 bridgehead atoms. The summed E-state index contributed by atoms with van der Waals surface area (Å²) < 4.78 is 4.69. The topological polar surface area (TPSA) is 26.3 Å². The second kappa shape index (κ2) is 3.81. The van der Waals surface area contributed by atoms with Gasteiger partial charge in [0, 0.05) is 4.87 Å². The van der Waals surface area contributed by atoms with Crippen LogP contribution in [0.1, 0.15) is 27.2 Å². The number of hydrogen-bond acceptors (Lipinski definition) is 2. The van der Waals surface area contributed by atoms with Gasteiger partial charge in [-0.25, -0.2) is 0 Å². The first kappa shape index (κ1) is 9.76. The lowest BCUT2D eigenvalue weighted by atomic mass is 10.1. The van der Waals surface area contributed by atoms with Crippen molar-refractivity contribution < 1.29 is 9.53 Å². The first-order valence-electron chi connectivity index (χ1n) is 3.30. The Hall–Kier alpha value is -0.240. The van der Waals surface area contributed by atoms with E-state index in [1.807, 2.05) is 0 Å². The molecule has 0 aliphatic rings. The average molecular weight is 165 g/mol. The highest BCUT2D eigenvalue weighted by Crippen LogP contribution is 2.17. The molecule has 0 N–H and O–H groups in total. The van der Waals surface area contributed by atoms with Gasteiger partial charge in [0.25, 0.3) is 0 Å². The molecule has 0 unspecified atom stereocenters. The van der Waals surface area contributed by atoms with E-state index in [0.717, 1.165) is 0 Å². The second-order valence-electron chi connectivity index (χ2n) is 2.70. The molecule has 0 rings (SSSR count). The molecule has 0 aromatic carbocycles. The maximum absolute atomic E-state index is 10.8. The number of halogens is 1. The molecule has 0 aromatic rings. The molecule has 0 radical (unpaired) electrons. The van der Waals surface area contributed by atoms with E-state index in [2.05, 4.69) is 0 Å². The molecule has 0 aliphatic carbocycles. The maximum atomic E-state index is 10.8. The van der Waals surface area contributed by atoms with Crippen molar-refractivity contribution in [3.63, 3.8) is 0 Å². The fourth-order valence-electron chi connectivity index (χ4n) is 0.555. The van der Waals surface area contributed by atoms with Gasteiger partial charge >= 0.3 is 5.97 Å². The fourth-order valence-corrected chi connectivity index (χ4v) is 0.664. The largest absolute Gasteiger partial charge is 0.466 e. The standard InChI is InChI=1S/C7H13ClO2/c1-4-10-6(9)5-7(2,3)8/h4-5H2,1-3H3. The van der Waals surface area contributed by atoms with Gasteiger partial charge in [-0.05, 0) is 20.8 Å². The summed E-state index contributed by atoms with van der Waals surface area (Å²) in [6, 6.07) is 0. The first-order valence-corrected chi connectivity index (χ1v) is 3.68. The lowest BCUT2D eigenvalue weighted by Crippen LogP contribution is -2.18. The third-order valence-corrected chi connectivity index (χ3v) is 1.00. The highest BCUT2D eigenvalue weighted by molar-refractivity contribution is 6.24. The van der Waals surface area contributed by atoms with Crippen LogP contribution >= 0.6 is 11.6 Å². The number of alkyl halides is 1. The molecule has 0 amide bonds. The summed E-state index contributed by atoms with van der Waals surface area (Å²) in [5, 5.41) is 0. The molecule has 10 heavy (non-hydrogen) atoms. The van der Waals surface area contributed by atoms with Crippen molar-refractivity contribution in [2.75, 3.05) is 6.61 Å². The van der Waals surface area contributed by atoms with Gasteiger partial charge in [0.15, 0.2) is 0 Å². The van der Waals surface area contributed by atoms with Crippen LogP contribution in [0.2, 0.25) is 0 Å². The predicted octanol–water partition coefficient (Wildman–Crippen LogP) is 1.96. The quantitative estimate of drug-likeness (QED) is 0.471. The molecule has 0 saturated carbocycles. The second-order valence-corrected chi connectivity index (χ2v) is 3.72. The van der Waals surface area contributed by atoms with E-state index in [0.29, 0.717) is 6.61 Å². The maximum Gasteiger partial charge on any atom is 0.307 e. The van der Waals surface area contributed by atoms with Crippen molar-refractivity contribution in [2.24, 2.45) is 0 Å². The number of rotatable bonds is 3. The molecule has 0 aromatic heterocycles. The van der Waals surface area contributed by atoms with Crippen LogP contribution in [0.25, 0.3) is 0 Å². The van der Waals surface area contributed by atoms with Crippen molar-refractivity contribution in [3.8, 4) is 0 Å². The Morgan fingerprint density at radius 3 is 2.40 bits per heavy atom. The van der Waals surface area contributed by atoms with Crippen molar-refractivity contribution in [3.05, 3.63) is 0 Å². The van der Waals surface area contributed by atoms with Crippen LogP contribution in [0.15, 0.2) is 0 Å². The van der Waals surface area contributed by atoms with Crippen LogP contribution in [-0.2, 0) is 9.53 Å². The molecule has 2 nitrogen and oxygen atoms in total. The lowest BCUT2D eigenvalue weighted by molar-refractivity contribution is -0.143. The van der Waals surface area contributed by atoms with Crippen LogP contribution in [0.4, 0.5) is 0 Å². The van der Waals surface area contributed by atoms with Gasteiger partial charge in [-0.15, -0.1) is 11.6 Å². The van der Waals surface area contributed by atoms with Crippen molar-refractivity contribution in [2.45, 2.75) is 32.1 Å². The number of hydrogen-bond donors (Lipinski definition) is 0. The van der Waals surface area contributed by atoms with Gasteiger partial charge in [0.1, 0.15) is 0 Å². The van der Waals surface area contributed by atoms with Crippen LogP contribution in [-0.4, -0.2) is 17.5 Å². The van der Waals surface area contributed by atoms with Crippen molar-refractivity contribution in [1.29, 1.82) is 0 Å². The number of carbonyl (C=O) groups is 1. The molecule has 0 atom stereocenters. The SMILES string of the molecule is CCOC(=O)CC(C)(C)Cl. The fraction of sp³-hybridized carbons (Fsp3) is 0.857. The molecule has 0 saturated heterocycles. The Morgan fingerprint density at radius 1 is 1.60 bits per heavy atom. The Balaban J connectivity index is 3.58. The number of ether oxygens (including phenoxy) is 1. The minimum absolute atomic E-state index is 0.234. The van der Waals surface area contributed by atoms with E-state index >= 15 is 0 Å². The third kappa shape index (κ3) is 5.89. The molecule has 0 aliphatic heterocycles. The summed E-state index contributed by atoms with van der Waals surface area (Å²) in [5.41, 5.74) is 0. The summed E-state index contributed by atoms with van der Waals surface area (Å²) >= 11 is 5.76. The van der Waals surface area contributed by atoms with Crippen LogP contribution in [0, 0.1) is 0 Å². The van der Waals surface area contributed by atoms with Crippen molar-refractivity contribution in [1.82, 2.24) is 0 Å². The summed E-state index contributed by atoms with van der Waals surface area (Å²) in [4.78, 5) is 10.3. The molecule has 0 spiro atoms. The lowest BCUT2D eigenvalue weighted by Gasteiger charge is -2.13. The molecule has 0 heterocycles. The highest BCUT2D eigenvalue weighted by atomic mass is 35.5. The Kier molecular flexibility index (Phi) is 3.72. The zero-order valence-corrected chi connectivity index (χ0v) is 7.36. The van der Waals surface area contributed by atoms with E-state index in [4.69, 9.17) is 16.3 Å². The molecular formula is C7H13ClO2. The normalized spacial score (nSPS) is 11.2. The molecule has 3 heteroatoms. The summed E-state index contributed by atoms with van der Waals surface area (Å²) in [6.45, 7) is 5.77. The minimum Gasteiger partial charge on any atom is -0.466 e. The zero-order chi connectivity index (χ0) is 8.20. The average Bonchev–Trinajstić information content (AvgIpc) is 1.59. The van der Waals surface area contributed by atoms with E-state index in [9.17, 15) is 4.79 Å². The molecule has 0 fully saturated rings. The summed E-state index contributed by atoms with van der Waals surface area (Å²) in [6.07, 6.45) is 0.266. The zero-order valence-electron chi connectivity index (χ0n) is 6.61. The number of carbonyl (C=O) groups excluding carboxylic acids is 1. The summed E-state index contributed by atoms with van der Waals surface area (Å²) in [7, 11) is 0. The molecule has 60 valence electrons. The van der Waals surface area contributed by atoms with Gasteiger partial charge < -0.3 is 4.74 Å². The van der Waals surface area contributed by atoms with E-state index < -0.39 is 4.87 Å². The Labute approximate surface area is 66.5 Å². The van der Waals surface area contributed by atoms with Crippen LogP contribution in [0.3, 0.4) is 0 Å². The summed E-state index contributed by atoms with van der Waals surface area (Å²) in [5.74, 6) is -0.234. The monoisotopic (exact) mass is 164 g/mol. The Bertz CT molecular complexity index is 115. The van der Waals surface area contributed by atoms with Gasteiger partial charge in [-0.1, -0.05) is 0 Å². The Morgan fingerprint density at radius 2 is 2.10 bits per heavy atom. The third-order valence-electron chi connectivity index (χ3n) is 0.870. The van der Waals surface area contributed by atoms with Crippen LogP contribution < -0.4 is 0 Å². The molecular weight excluding hydrogens is 152 g/mol. The van der Waals surface area contributed by atoms with E-state index in [1.54, 1.807) is 20.8 Å². The number of esters is 1. The van der Waals surface area contributed by atoms with Gasteiger partial charge in [-0.2, -0.15) is 0 Å². The van der Waals surface area contributed by atoms with Crippen molar-refractivity contribution >= 4 is 17.6 Å².